The van der Waals surface area contributed by atoms with Gasteiger partial charge in [-0.2, -0.15) is 5.10 Å². The molecule has 2 rings (SSSR count). The summed E-state index contributed by atoms with van der Waals surface area (Å²) in [5, 5.41) is 17.4. The Morgan fingerprint density at radius 1 is 1.29 bits per heavy atom. The van der Waals surface area contributed by atoms with E-state index >= 15 is 0 Å². The summed E-state index contributed by atoms with van der Waals surface area (Å²) >= 11 is 1.13. The fourth-order valence-corrected chi connectivity index (χ4v) is 1.77. The van der Waals surface area contributed by atoms with E-state index in [4.69, 9.17) is 9.52 Å². The molecule has 1 N–H and O–H groups in total. The minimum Gasteiger partial charge on any atom is -0.475 e. The first-order valence-electron chi connectivity index (χ1n) is 4.75. The van der Waals surface area contributed by atoms with Crippen LogP contribution in [0.3, 0.4) is 0 Å². The van der Waals surface area contributed by atoms with E-state index < -0.39 is 5.97 Å². The Bertz CT molecular complexity index is 568. The standard InChI is InChI=1S/C10H9N3O3S/c1-5-6(2)12-13-10(11-5)17-8-4-3-7(16-8)9(14)15/h3-4H,1-2H3,(H,14,15). The molecule has 0 radical (unpaired) electrons. The van der Waals surface area contributed by atoms with E-state index in [-0.39, 0.29) is 5.76 Å². The van der Waals surface area contributed by atoms with Crippen molar-refractivity contribution in [2.24, 2.45) is 0 Å². The van der Waals surface area contributed by atoms with Crippen LogP contribution in [0.25, 0.3) is 0 Å². The Morgan fingerprint density at radius 2 is 2.06 bits per heavy atom. The average molecular weight is 251 g/mol. The minimum atomic E-state index is -1.10. The zero-order valence-corrected chi connectivity index (χ0v) is 9.98. The van der Waals surface area contributed by atoms with Gasteiger partial charge in [0.05, 0.1) is 11.4 Å². The summed E-state index contributed by atoms with van der Waals surface area (Å²) in [6.45, 7) is 3.65. The Morgan fingerprint density at radius 3 is 2.65 bits per heavy atom. The van der Waals surface area contributed by atoms with E-state index in [0.717, 1.165) is 23.1 Å². The summed E-state index contributed by atoms with van der Waals surface area (Å²) in [7, 11) is 0. The first kappa shape index (κ1) is 11.6. The highest BCUT2D eigenvalue weighted by Crippen LogP contribution is 2.26. The molecular weight excluding hydrogens is 242 g/mol. The van der Waals surface area contributed by atoms with Crippen molar-refractivity contribution >= 4 is 17.7 Å². The van der Waals surface area contributed by atoms with Gasteiger partial charge >= 0.3 is 5.97 Å². The van der Waals surface area contributed by atoms with E-state index in [1.807, 2.05) is 13.8 Å². The summed E-state index contributed by atoms with van der Waals surface area (Å²) in [4.78, 5) is 14.8. The minimum absolute atomic E-state index is 0.107. The highest BCUT2D eigenvalue weighted by Gasteiger charge is 2.11. The molecule has 0 spiro atoms. The fraction of sp³-hybridized carbons (Fsp3) is 0.200. The second-order valence-electron chi connectivity index (χ2n) is 3.29. The number of carboxylic acids is 1. The van der Waals surface area contributed by atoms with Gasteiger partial charge in [-0.05, 0) is 37.7 Å². The molecule has 0 aromatic carbocycles. The number of furan rings is 1. The third-order valence-electron chi connectivity index (χ3n) is 2.06. The van der Waals surface area contributed by atoms with Gasteiger partial charge in [-0.1, -0.05) is 0 Å². The van der Waals surface area contributed by atoms with Crippen LogP contribution in [0.15, 0.2) is 26.8 Å². The topological polar surface area (TPSA) is 89.1 Å². The second kappa shape index (κ2) is 4.54. The summed E-state index contributed by atoms with van der Waals surface area (Å²) in [5.41, 5.74) is 1.55. The van der Waals surface area contributed by atoms with Crippen LogP contribution in [0.4, 0.5) is 0 Å². The van der Waals surface area contributed by atoms with Gasteiger partial charge in [-0.25, -0.2) is 9.78 Å². The van der Waals surface area contributed by atoms with Crippen molar-refractivity contribution in [2.75, 3.05) is 0 Å². The summed E-state index contributed by atoms with van der Waals surface area (Å²) in [5.74, 6) is -1.21. The molecule has 2 heterocycles. The number of aromatic nitrogens is 3. The Hall–Kier alpha value is -1.89. The molecule has 7 heteroatoms. The van der Waals surface area contributed by atoms with Gasteiger partial charge in [0.2, 0.25) is 10.9 Å². The zero-order chi connectivity index (χ0) is 12.4. The van der Waals surface area contributed by atoms with Crippen molar-refractivity contribution in [1.29, 1.82) is 0 Å². The van der Waals surface area contributed by atoms with Crippen LogP contribution in [0, 0.1) is 13.8 Å². The van der Waals surface area contributed by atoms with Gasteiger partial charge in [-0.15, -0.1) is 5.10 Å². The summed E-state index contributed by atoms with van der Waals surface area (Å²) in [6, 6.07) is 2.95. The first-order chi connectivity index (χ1) is 8.06. The number of aryl methyl sites for hydroxylation is 2. The first-order valence-corrected chi connectivity index (χ1v) is 5.57. The molecule has 0 bridgehead atoms. The molecule has 0 aliphatic heterocycles. The second-order valence-corrected chi connectivity index (χ2v) is 4.26. The van der Waals surface area contributed by atoms with Crippen molar-refractivity contribution in [3.05, 3.63) is 29.3 Å². The van der Waals surface area contributed by atoms with Gasteiger partial charge in [0.1, 0.15) is 0 Å². The van der Waals surface area contributed by atoms with Crippen molar-refractivity contribution < 1.29 is 14.3 Å². The SMILES string of the molecule is Cc1nnc(Sc2ccc(C(=O)O)o2)nc1C. The zero-order valence-electron chi connectivity index (χ0n) is 9.17. The summed E-state index contributed by atoms with van der Waals surface area (Å²) in [6.07, 6.45) is 0. The molecule has 6 nitrogen and oxygen atoms in total. The Labute approximate surface area is 101 Å². The molecule has 0 aliphatic rings. The largest absolute Gasteiger partial charge is 0.475 e. The average Bonchev–Trinajstić information content (AvgIpc) is 2.72. The molecule has 0 unspecified atom stereocenters. The van der Waals surface area contributed by atoms with Crippen LogP contribution in [-0.4, -0.2) is 26.3 Å². The molecule has 2 aromatic rings. The quantitative estimate of drug-likeness (QED) is 0.891. The number of carboxylic acid groups (broad SMARTS) is 1. The van der Waals surface area contributed by atoms with Gasteiger partial charge in [0.25, 0.3) is 0 Å². The van der Waals surface area contributed by atoms with E-state index in [1.165, 1.54) is 6.07 Å². The lowest BCUT2D eigenvalue weighted by atomic mass is 10.4. The predicted octanol–water partition coefficient (Wildman–Crippen LogP) is 1.93. The van der Waals surface area contributed by atoms with Crippen molar-refractivity contribution in [1.82, 2.24) is 15.2 Å². The normalized spacial score (nSPS) is 10.5. The van der Waals surface area contributed by atoms with Crippen LogP contribution in [-0.2, 0) is 0 Å². The highest BCUT2D eigenvalue weighted by atomic mass is 32.2. The van der Waals surface area contributed by atoms with Crippen molar-refractivity contribution in [3.8, 4) is 0 Å². The third kappa shape index (κ3) is 2.62. The monoisotopic (exact) mass is 251 g/mol. The lowest BCUT2D eigenvalue weighted by Crippen LogP contribution is -1.97. The van der Waals surface area contributed by atoms with Crippen LogP contribution in [0.5, 0.6) is 0 Å². The molecule has 0 atom stereocenters. The van der Waals surface area contributed by atoms with E-state index in [9.17, 15) is 4.79 Å². The number of carbonyl (C=O) groups is 1. The fourth-order valence-electron chi connectivity index (χ4n) is 1.06. The number of hydrogen-bond acceptors (Lipinski definition) is 6. The molecule has 0 aliphatic carbocycles. The number of rotatable bonds is 3. The molecule has 88 valence electrons. The van der Waals surface area contributed by atoms with Gasteiger partial charge in [0.15, 0.2) is 5.09 Å². The summed E-state index contributed by atoms with van der Waals surface area (Å²) < 4.78 is 5.07. The van der Waals surface area contributed by atoms with Gasteiger partial charge in [-0.3, -0.25) is 0 Å². The maximum Gasteiger partial charge on any atom is 0.371 e. The molecule has 0 amide bonds. The van der Waals surface area contributed by atoms with Crippen molar-refractivity contribution in [2.45, 2.75) is 24.1 Å². The van der Waals surface area contributed by atoms with Crippen LogP contribution in [0.1, 0.15) is 21.9 Å². The van der Waals surface area contributed by atoms with E-state index in [2.05, 4.69) is 15.2 Å². The molecule has 0 fully saturated rings. The number of hydrogen-bond donors (Lipinski definition) is 1. The molecule has 17 heavy (non-hydrogen) atoms. The molecule has 0 saturated carbocycles. The van der Waals surface area contributed by atoms with Gasteiger partial charge in [0, 0.05) is 0 Å². The lowest BCUT2D eigenvalue weighted by Gasteiger charge is -1.99. The highest BCUT2D eigenvalue weighted by molar-refractivity contribution is 7.99. The Kier molecular flexibility index (Phi) is 3.10. The molecular formula is C10H9N3O3S. The third-order valence-corrected chi connectivity index (χ3v) is 2.83. The van der Waals surface area contributed by atoms with Crippen molar-refractivity contribution in [3.63, 3.8) is 0 Å². The maximum absolute atomic E-state index is 10.6. The molecule has 0 saturated heterocycles. The maximum atomic E-state index is 10.6. The van der Waals surface area contributed by atoms with Crippen LogP contribution in [0.2, 0.25) is 0 Å². The number of aromatic carboxylic acids is 1. The van der Waals surface area contributed by atoms with Crippen LogP contribution < -0.4 is 0 Å². The number of nitrogens with zero attached hydrogens (tertiary/aromatic N) is 3. The smallest absolute Gasteiger partial charge is 0.371 e. The lowest BCUT2D eigenvalue weighted by molar-refractivity contribution is 0.0656. The van der Waals surface area contributed by atoms with Crippen LogP contribution >= 0.6 is 11.8 Å². The van der Waals surface area contributed by atoms with E-state index in [0.29, 0.717) is 10.2 Å². The predicted molar refractivity (Wildman–Crippen MR) is 59.1 cm³/mol. The Balaban J connectivity index is 2.19. The van der Waals surface area contributed by atoms with Gasteiger partial charge < -0.3 is 9.52 Å². The molecule has 2 aromatic heterocycles. The van der Waals surface area contributed by atoms with E-state index in [1.54, 1.807) is 6.07 Å².